The van der Waals surface area contributed by atoms with Crippen LogP contribution in [0.25, 0.3) is 0 Å². The van der Waals surface area contributed by atoms with Crippen LogP contribution in [-0.4, -0.2) is 67.3 Å². The molecule has 1 aromatic heterocycles. The second-order valence-corrected chi connectivity index (χ2v) is 10.0. The predicted molar refractivity (Wildman–Crippen MR) is 92.2 cm³/mol. The van der Waals surface area contributed by atoms with Crippen LogP contribution in [0.3, 0.4) is 0 Å². The maximum Gasteiger partial charge on any atom is 0.433 e. The van der Waals surface area contributed by atoms with Gasteiger partial charge in [-0.2, -0.15) is 18.2 Å². The van der Waals surface area contributed by atoms with E-state index < -0.39 is 27.8 Å². The fourth-order valence-electron chi connectivity index (χ4n) is 4.14. The molecule has 4 rings (SSSR count). The highest BCUT2D eigenvalue weighted by Crippen LogP contribution is 2.53. The molecule has 27 heavy (non-hydrogen) atoms. The van der Waals surface area contributed by atoms with Crippen LogP contribution in [0.2, 0.25) is 0 Å². The number of aliphatic hydroxyl groups excluding tert-OH is 1. The zero-order valence-corrected chi connectivity index (χ0v) is 15.7. The molecule has 0 bridgehead atoms. The number of β-amino-alcohol motifs (C(OH)–C–C–N with tert-alkyl or cyclic N) is 1. The summed E-state index contributed by atoms with van der Waals surface area (Å²) < 4.78 is 62.8. The highest BCUT2D eigenvalue weighted by Gasteiger charge is 2.56. The Balaban J connectivity index is 1.55. The number of aromatic nitrogens is 2. The molecule has 0 spiro atoms. The lowest BCUT2D eigenvalue weighted by atomic mass is 10.0. The van der Waals surface area contributed by atoms with E-state index in [9.17, 15) is 26.7 Å². The summed E-state index contributed by atoms with van der Waals surface area (Å²) in [5.41, 5.74) is -1.01. The molecular formula is C16H21F3N4O3S. The molecular weight excluding hydrogens is 385 g/mol. The number of anilines is 2. The number of piperidine rings is 1. The van der Waals surface area contributed by atoms with Gasteiger partial charge in [0.15, 0.2) is 5.69 Å². The lowest BCUT2D eigenvalue weighted by Crippen LogP contribution is -2.59. The van der Waals surface area contributed by atoms with Gasteiger partial charge in [0.2, 0.25) is 5.95 Å². The lowest BCUT2D eigenvalue weighted by molar-refractivity contribution is -0.141. The summed E-state index contributed by atoms with van der Waals surface area (Å²) in [6.45, 7) is 2.90. The third kappa shape index (κ3) is 3.46. The van der Waals surface area contributed by atoms with Crippen molar-refractivity contribution in [3.63, 3.8) is 0 Å². The van der Waals surface area contributed by atoms with Crippen LogP contribution in [0.5, 0.6) is 0 Å². The zero-order valence-electron chi connectivity index (χ0n) is 14.9. The average molecular weight is 406 g/mol. The van der Waals surface area contributed by atoms with Gasteiger partial charge < -0.3 is 14.9 Å². The summed E-state index contributed by atoms with van der Waals surface area (Å²) >= 11 is 0. The molecule has 1 unspecified atom stereocenters. The molecule has 1 aliphatic carbocycles. The number of nitrogens with zero attached hydrogens (tertiary/aromatic N) is 4. The van der Waals surface area contributed by atoms with E-state index >= 15 is 0 Å². The molecule has 1 saturated carbocycles. The van der Waals surface area contributed by atoms with Gasteiger partial charge in [0, 0.05) is 32.0 Å². The van der Waals surface area contributed by atoms with Gasteiger partial charge in [-0.05, 0) is 24.7 Å². The number of rotatable bonds is 4. The molecule has 3 heterocycles. The number of hydrogen-bond donors (Lipinski definition) is 1. The van der Waals surface area contributed by atoms with E-state index in [1.807, 2.05) is 0 Å². The van der Waals surface area contributed by atoms with Crippen LogP contribution in [0.1, 0.15) is 12.6 Å². The molecule has 2 aliphatic heterocycles. The monoisotopic (exact) mass is 406 g/mol. The number of fused-ring (bicyclic) bond motifs is 1. The van der Waals surface area contributed by atoms with Gasteiger partial charge in [0.1, 0.15) is 15.7 Å². The van der Waals surface area contributed by atoms with Crippen molar-refractivity contribution in [3.05, 3.63) is 11.8 Å². The summed E-state index contributed by atoms with van der Waals surface area (Å²) in [6, 6.07) is 0.605. The van der Waals surface area contributed by atoms with Gasteiger partial charge in [-0.15, -0.1) is 0 Å². The van der Waals surface area contributed by atoms with Crippen molar-refractivity contribution in [1.82, 2.24) is 9.97 Å². The first-order valence-electron chi connectivity index (χ1n) is 8.77. The van der Waals surface area contributed by atoms with Crippen molar-refractivity contribution in [2.75, 3.05) is 41.4 Å². The fraction of sp³-hybridized carbons (Fsp3) is 0.750. The molecule has 2 saturated heterocycles. The molecule has 7 nitrogen and oxygen atoms in total. The van der Waals surface area contributed by atoms with Crippen LogP contribution in [0, 0.1) is 17.8 Å². The van der Waals surface area contributed by atoms with Crippen molar-refractivity contribution >= 4 is 21.6 Å². The first-order valence-corrected chi connectivity index (χ1v) is 10.8. The molecule has 1 N–H and O–H groups in total. The number of aliphatic hydroxyl groups is 1. The fourth-order valence-corrected chi connectivity index (χ4v) is 5.34. The van der Waals surface area contributed by atoms with Gasteiger partial charge in [-0.1, -0.05) is 0 Å². The molecule has 0 amide bonds. The van der Waals surface area contributed by atoms with Gasteiger partial charge in [0.25, 0.3) is 0 Å². The van der Waals surface area contributed by atoms with Gasteiger partial charge in [-0.3, -0.25) is 0 Å². The Morgan fingerprint density at radius 3 is 2.33 bits per heavy atom. The Kier molecular flexibility index (Phi) is 4.12. The summed E-state index contributed by atoms with van der Waals surface area (Å²) in [5.74, 6) is 0.735. The third-order valence-electron chi connectivity index (χ3n) is 5.87. The minimum absolute atomic E-state index is 0.0362. The quantitative estimate of drug-likeness (QED) is 0.791. The first-order chi connectivity index (χ1) is 12.4. The number of halogens is 3. The third-order valence-corrected chi connectivity index (χ3v) is 6.86. The van der Waals surface area contributed by atoms with Crippen molar-refractivity contribution in [3.8, 4) is 0 Å². The van der Waals surface area contributed by atoms with E-state index in [0.29, 0.717) is 13.1 Å². The summed E-state index contributed by atoms with van der Waals surface area (Å²) in [5, 5.41) is 9.64. The summed E-state index contributed by atoms with van der Waals surface area (Å²) in [7, 11) is -3.06. The number of alkyl halides is 3. The second kappa shape index (κ2) is 5.94. The smallest absolute Gasteiger partial charge is 0.389 e. The van der Waals surface area contributed by atoms with E-state index in [1.165, 1.54) is 6.26 Å². The van der Waals surface area contributed by atoms with E-state index in [2.05, 4.69) is 9.97 Å². The van der Waals surface area contributed by atoms with Crippen LogP contribution >= 0.6 is 0 Å². The molecule has 1 aromatic rings. The molecule has 0 radical (unpaired) electrons. The van der Waals surface area contributed by atoms with E-state index in [0.717, 1.165) is 6.07 Å². The Morgan fingerprint density at radius 1 is 1.22 bits per heavy atom. The Labute approximate surface area is 155 Å². The maximum atomic E-state index is 13.3. The van der Waals surface area contributed by atoms with Crippen LogP contribution < -0.4 is 9.80 Å². The van der Waals surface area contributed by atoms with Crippen LogP contribution in [0.4, 0.5) is 24.9 Å². The SMILES string of the molecule is C[C@H]1[C@H](O)CN1c1nc(N2C[C@@H]3C(CS(C)(=O)=O)[C@@H]3C2)cc(C(F)(F)F)n1. The topological polar surface area (TPSA) is 86.6 Å². The minimum Gasteiger partial charge on any atom is -0.389 e. The highest BCUT2D eigenvalue weighted by atomic mass is 32.2. The summed E-state index contributed by atoms with van der Waals surface area (Å²) in [6.07, 6.45) is -4.00. The van der Waals surface area contributed by atoms with Crippen LogP contribution in [0.15, 0.2) is 6.07 Å². The number of hydrogen-bond acceptors (Lipinski definition) is 7. The zero-order chi connectivity index (χ0) is 19.7. The average Bonchev–Trinajstić information content (AvgIpc) is 2.99. The van der Waals surface area contributed by atoms with Gasteiger partial charge in [0.05, 0.1) is 17.9 Å². The molecule has 3 fully saturated rings. The molecule has 0 aromatic carbocycles. The van der Waals surface area contributed by atoms with Crippen molar-refractivity contribution in [2.45, 2.75) is 25.2 Å². The molecule has 5 atom stereocenters. The predicted octanol–water partition coefficient (Wildman–Crippen LogP) is 0.792. The Hall–Kier alpha value is -1.62. The van der Waals surface area contributed by atoms with Crippen LogP contribution in [-0.2, 0) is 16.0 Å². The first kappa shape index (κ1) is 18.7. The standard InChI is InChI=1S/C16H21F3N4O3S/c1-8-12(24)6-23(8)15-20-13(16(17,18)19)3-14(21-15)22-4-9-10(5-22)11(9)7-27(2,25)26/h3,8-12,24H,4-7H2,1-2H3/t8-,9-,10+,11?,12+/m0/s1. The van der Waals surface area contributed by atoms with Gasteiger partial charge in [-0.25, -0.2) is 13.4 Å². The van der Waals surface area contributed by atoms with E-state index in [-0.39, 0.29) is 47.9 Å². The Bertz CT molecular complexity index is 851. The van der Waals surface area contributed by atoms with E-state index in [4.69, 9.17) is 0 Å². The van der Waals surface area contributed by atoms with Crippen molar-refractivity contribution < 1.29 is 26.7 Å². The molecule has 150 valence electrons. The molecule has 3 aliphatic rings. The Morgan fingerprint density at radius 2 is 1.85 bits per heavy atom. The number of sulfone groups is 1. The van der Waals surface area contributed by atoms with Crippen molar-refractivity contribution in [1.29, 1.82) is 0 Å². The summed E-state index contributed by atoms with van der Waals surface area (Å²) in [4.78, 5) is 11.3. The largest absolute Gasteiger partial charge is 0.433 e. The maximum absolute atomic E-state index is 13.3. The highest BCUT2D eigenvalue weighted by molar-refractivity contribution is 7.90. The van der Waals surface area contributed by atoms with Gasteiger partial charge >= 0.3 is 6.18 Å². The van der Waals surface area contributed by atoms with E-state index in [1.54, 1.807) is 16.7 Å². The lowest BCUT2D eigenvalue weighted by Gasteiger charge is -2.43. The van der Waals surface area contributed by atoms with Crippen molar-refractivity contribution in [2.24, 2.45) is 17.8 Å². The normalized spacial score (nSPS) is 33.0. The minimum atomic E-state index is -4.60. The molecule has 11 heteroatoms. The second-order valence-electron chi connectivity index (χ2n) is 7.86.